The summed E-state index contributed by atoms with van der Waals surface area (Å²) in [7, 11) is -6.82. The first-order valence-electron chi connectivity index (χ1n) is 7.31. The van der Waals surface area contributed by atoms with Crippen LogP contribution < -0.4 is 0 Å². The van der Waals surface area contributed by atoms with E-state index in [1.165, 1.54) is 4.31 Å². The summed E-state index contributed by atoms with van der Waals surface area (Å²) in [6, 6.07) is 1.98. The van der Waals surface area contributed by atoms with Crippen LogP contribution in [0.5, 0.6) is 0 Å². The zero-order chi connectivity index (χ0) is 16.9. The van der Waals surface area contributed by atoms with E-state index in [0.29, 0.717) is 4.90 Å². The van der Waals surface area contributed by atoms with Gasteiger partial charge < -0.3 is 0 Å². The highest BCUT2D eigenvalue weighted by Gasteiger charge is 2.43. The van der Waals surface area contributed by atoms with Crippen LogP contribution in [0.4, 0.5) is 0 Å². The Bertz CT molecular complexity index is 778. The highest BCUT2D eigenvalue weighted by atomic mass is 32.2. The maximum Gasteiger partial charge on any atom is 0.243 e. The van der Waals surface area contributed by atoms with Gasteiger partial charge in [0.1, 0.15) is 0 Å². The molecule has 0 saturated carbocycles. The van der Waals surface area contributed by atoms with E-state index in [9.17, 15) is 16.8 Å². The summed E-state index contributed by atoms with van der Waals surface area (Å²) in [5, 5.41) is -0.571. The maximum atomic E-state index is 12.9. The Morgan fingerprint density at radius 2 is 1.45 bits per heavy atom. The van der Waals surface area contributed by atoms with Gasteiger partial charge in [-0.25, -0.2) is 16.8 Å². The van der Waals surface area contributed by atoms with Crippen LogP contribution in [0.25, 0.3) is 0 Å². The molecule has 0 aliphatic carbocycles. The Kier molecular flexibility index (Phi) is 4.45. The fourth-order valence-corrected chi connectivity index (χ4v) is 6.34. The summed E-state index contributed by atoms with van der Waals surface area (Å²) in [6.45, 7) is 9.09. The SMILES string of the molecule is CCS(=O)(=O)C1CN(S(=O)(=O)c2c(C)c(C)cc(C)c2C)C1. The van der Waals surface area contributed by atoms with Crippen LogP contribution in [0.15, 0.2) is 11.0 Å². The number of nitrogens with zero attached hydrogens (tertiary/aromatic N) is 1. The molecule has 0 aromatic heterocycles. The molecule has 0 atom stereocenters. The second-order valence-electron chi connectivity index (χ2n) is 5.99. The van der Waals surface area contributed by atoms with Crippen LogP contribution in [0.2, 0.25) is 0 Å². The predicted octanol–water partition coefficient (Wildman–Crippen LogP) is 1.73. The van der Waals surface area contributed by atoms with Crippen molar-refractivity contribution >= 4 is 19.9 Å². The highest BCUT2D eigenvalue weighted by molar-refractivity contribution is 7.92. The molecule has 1 heterocycles. The molecule has 0 bridgehead atoms. The first kappa shape index (κ1) is 17.4. The fraction of sp³-hybridized carbons (Fsp3) is 0.600. The molecule has 0 spiro atoms. The normalized spacial score (nSPS) is 17.5. The first-order chi connectivity index (χ1) is 10.0. The summed E-state index contributed by atoms with van der Waals surface area (Å²) in [4.78, 5) is 0.331. The second-order valence-corrected chi connectivity index (χ2v) is 10.4. The third kappa shape index (κ3) is 2.70. The zero-order valence-corrected chi connectivity index (χ0v) is 15.3. The van der Waals surface area contributed by atoms with Crippen LogP contribution in [0, 0.1) is 27.7 Å². The van der Waals surface area contributed by atoms with Crippen LogP contribution >= 0.6 is 0 Å². The molecule has 0 radical (unpaired) electrons. The largest absolute Gasteiger partial charge is 0.243 e. The number of aryl methyl sites for hydroxylation is 2. The van der Waals surface area contributed by atoms with Crippen LogP contribution in [-0.2, 0) is 19.9 Å². The lowest BCUT2D eigenvalue weighted by atomic mass is 10.0. The third-order valence-electron chi connectivity index (χ3n) is 4.62. The highest BCUT2D eigenvalue weighted by Crippen LogP contribution is 2.32. The van der Waals surface area contributed by atoms with E-state index in [-0.39, 0.29) is 18.8 Å². The van der Waals surface area contributed by atoms with Crippen LogP contribution in [0.3, 0.4) is 0 Å². The molecule has 0 N–H and O–H groups in total. The molecule has 5 nitrogen and oxygen atoms in total. The third-order valence-corrected chi connectivity index (χ3v) is 8.84. The Hall–Kier alpha value is -0.920. The molecular formula is C15H23NO4S2. The van der Waals surface area contributed by atoms with Crippen LogP contribution in [0.1, 0.15) is 29.2 Å². The predicted molar refractivity (Wildman–Crippen MR) is 87.4 cm³/mol. The summed E-state index contributed by atoms with van der Waals surface area (Å²) < 4.78 is 50.6. The number of sulfone groups is 1. The molecule has 124 valence electrons. The van der Waals surface area contributed by atoms with Gasteiger partial charge in [-0.15, -0.1) is 0 Å². The topological polar surface area (TPSA) is 71.5 Å². The minimum absolute atomic E-state index is 0.0488. The lowest BCUT2D eigenvalue weighted by Gasteiger charge is -2.38. The number of hydrogen-bond acceptors (Lipinski definition) is 4. The zero-order valence-electron chi connectivity index (χ0n) is 13.7. The molecule has 1 aromatic carbocycles. The van der Waals surface area contributed by atoms with Gasteiger partial charge in [-0.05, 0) is 49.9 Å². The van der Waals surface area contributed by atoms with Crippen molar-refractivity contribution in [1.29, 1.82) is 0 Å². The molecule has 1 aliphatic rings. The lowest BCUT2D eigenvalue weighted by Crippen LogP contribution is -2.57. The molecule has 1 fully saturated rings. The molecule has 0 amide bonds. The van der Waals surface area contributed by atoms with Crippen molar-refractivity contribution < 1.29 is 16.8 Å². The lowest BCUT2D eigenvalue weighted by molar-refractivity contribution is 0.309. The van der Waals surface area contributed by atoms with E-state index < -0.39 is 25.1 Å². The van der Waals surface area contributed by atoms with E-state index in [0.717, 1.165) is 22.3 Å². The number of rotatable bonds is 4. The van der Waals surface area contributed by atoms with Gasteiger partial charge in [0, 0.05) is 18.8 Å². The maximum absolute atomic E-state index is 12.9. The van der Waals surface area contributed by atoms with Crippen molar-refractivity contribution in [3.05, 3.63) is 28.3 Å². The molecule has 1 saturated heterocycles. The molecule has 22 heavy (non-hydrogen) atoms. The van der Waals surface area contributed by atoms with Gasteiger partial charge in [-0.1, -0.05) is 13.0 Å². The van der Waals surface area contributed by atoms with Crippen molar-refractivity contribution in [2.45, 2.75) is 44.8 Å². The van der Waals surface area contributed by atoms with Crippen molar-refractivity contribution in [2.24, 2.45) is 0 Å². The van der Waals surface area contributed by atoms with E-state index in [4.69, 9.17) is 0 Å². The molecule has 1 aromatic rings. The van der Waals surface area contributed by atoms with Gasteiger partial charge in [0.15, 0.2) is 9.84 Å². The molecule has 7 heteroatoms. The van der Waals surface area contributed by atoms with E-state index in [1.807, 2.05) is 19.9 Å². The summed E-state index contributed by atoms with van der Waals surface area (Å²) in [6.07, 6.45) is 0. The fourth-order valence-electron chi connectivity index (χ4n) is 2.76. The van der Waals surface area contributed by atoms with E-state index in [1.54, 1.807) is 20.8 Å². The number of sulfonamides is 1. The Balaban J connectivity index is 2.39. The van der Waals surface area contributed by atoms with Gasteiger partial charge in [0.25, 0.3) is 0 Å². The standard InChI is InChI=1S/C15H23NO4S2/c1-6-21(17,18)14-8-16(9-14)22(19,20)15-12(4)10(2)7-11(3)13(15)5/h7,14H,6,8-9H2,1-5H3. The van der Waals surface area contributed by atoms with Gasteiger partial charge in [-0.3, -0.25) is 0 Å². The Morgan fingerprint density at radius 3 is 1.86 bits per heavy atom. The smallest absolute Gasteiger partial charge is 0.228 e. The molecular weight excluding hydrogens is 322 g/mol. The van der Waals surface area contributed by atoms with E-state index in [2.05, 4.69) is 0 Å². The van der Waals surface area contributed by atoms with Crippen molar-refractivity contribution in [3.8, 4) is 0 Å². The Morgan fingerprint density at radius 1 is 1.00 bits per heavy atom. The minimum atomic E-state index is -3.64. The molecule has 0 unspecified atom stereocenters. The monoisotopic (exact) mass is 345 g/mol. The van der Waals surface area contributed by atoms with Gasteiger partial charge in [-0.2, -0.15) is 4.31 Å². The van der Waals surface area contributed by atoms with Crippen molar-refractivity contribution in [2.75, 3.05) is 18.8 Å². The average Bonchev–Trinajstić information content (AvgIpc) is 2.33. The molecule has 1 aliphatic heterocycles. The average molecular weight is 345 g/mol. The van der Waals surface area contributed by atoms with Crippen molar-refractivity contribution in [1.82, 2.24) is 4.31 Å². The Labute approximate surface area is 133 Å². The van der Waals surface area contributed by atoms with Gasteiger partial charge in [0.2, 0.25) is 10.0 Å². The summed E-state index contributed by atoms with van der Waals surface area (Å²) in [5.74, 6) is 0.0488. The van der Waals surface area contributed by atoms with Gasteiger partial charge in [0.05, 0.1) is 10.1 Å². The molecule has 2 rings (SSSR count). The van der Waals surface area contributed by atoms with Crippen LogP contribution in [-0.4, -0.2) is 45.2 Å². The quantitative estimate of drug-likeness (QED) is 0.833. The minimum Gasteiger partial charge on any atom is -0.228 e. The van der Waals surface area contributed by atoms with Gasteiger partial charge >= 0.3 is 0 Å². The number of benzene rings is 1. The second kappa shape index (κ2) is 5.62. The summed E-state index contributed by atoms with van der Waals surface area (Å²) in [5.41, 5.74) is 3.34. The van der Waals surface area contributed by atoms with Crippen molar-refractivity contribution in [3.63, 3.8) is 0 Å². The summed E-state index contributed by atoms with van der Waals surface area (Å²) >= 11 is 0. The first-order valence-corrected chi connectivity index (χ1v) is 10.5. The van der Waals surface area contributed by atoms with E-state index >= 15 is 0 Å². The number of hydrogen-bond donors (Lipinski definition) is 0.